The van der Waals surface area contributed by atoms with Crippen LogP contribution < -0.4 is 0 Å². The highest BCUT2D eigenvalue weighted by Gasteiger charge is 2.25. The Bertz CT molecular complexity index is 1490. The molecule has 0 aliphatic rings. The van der Waals surface area contributed by atoms with Crippen LogP contribution in [0.5, 0.6) is 0 Å². The van der Waals surface area contributed by atoms with E-state index in [2.05, 4.69) is 135 Å². The molecule has 0 heterocycles. The highest BCUT2D eigenvalue weighted by molar-refractivity contribution is 5.71. The SMILES string of the molecule is CC/C=C\C/C=C\C/C=C\C/C=C\C/C=C\C/C=C\C/C=C\C/C=C\C/C=C\CCCC(=O)OC(COC(=O)CCCCCCC/C=C\CCCCC)COC(OCC[N+](C)(C)C)C(=O)O. The van der Waals surface area contributed by atoms with Crippen LogP contribution in [0.4, 0.5) is 0 Å². The van der Waals surface area contributed by atoms with Crippen molar-refractivity contribution >= 4 is 17.9 Å². The number of carboxylic acid groups (broad SMARTS) is 1. The molecule has 0 amide bonds. The Hall–Kier alpha value is -4.31. The van der Waals surface area contributed by atoms with Gasteiger partial charge in [0.1, 0.15) is 13.2 Å². The number of hydrogen-bond donors (Lipinski definition) is 1. The van der Waals surface area contributed by atoms with Gasteiger partial charge < -0.3 is 28.5 Å². The van der Waals surface area contributed by atoms with Gasteiger partial charge in [-0.2, -0.15) is 0 Å². The second kappa shape index (κ2) is 47.2. The van der Waals surface area contributed by atoms with E-state index in [0.29, 0.717) is 23.9 Å². The zero-order valence-electron chi connectivity index (χ0n) is 42.0. The van der Waals surface area contributed by atoms with Gasteiger partial charge >= 0.3 is 17.9 Å². The molecule has 2 unspecified atom stereocenters. The summed E-state index contributed by atoms with van der Waals surface area (Å²) < 4.78 is 22.7. The lowest BCUT2D eigenvalue weighted by Gasteiger charge is -2.25. The molecule has 9 heteroatoms. The van der Waals surface area contributed by atoms with Gasteiger partial charge in [0, 0.05) is 12.8 Å². The van der Waals surface area contributed by atoms with Crippen molar-refractivity contribution in [1.82, 2.24) is 0 Å². The molecule has 0 saturated heterocycles. The molecule has 372 valence electrons. The maximum absolute atomic E-state index is 12.8. The van der Waals surface area contributed by atoms with E-state index in [9.17, 15) is 19.5 Å². The molecule has 2 atom stereocenters. The van der Waals surface area contributed by atoms with Crippen molar-refractivity contribution in [3.8, 4) is 0 Å². The summed E-state index contributed by atoms with van der Waals surface area (Å²) in [7, 11) is 5.92. The van der Waals surface area contributed by atoms with Gasteiger partial charge in [-0.25, -0.2) is 4.79 Å². The van der Waals surface area contributed by atoms with Gasteiger partial charge in [0.25, 0.3) is 6.29 Å². The number of carbonyl (C=O) groups is 3. The van der Waals surface area contributed by atoms with Crippen LogP contribution in [-0.2, 0) is 33.3 Å². The number of hydrogen-bond acceptors (Lipinski definition) is 7. The van der Waals surface area contributed by atoms with Gasteiger partial charge in [-0.15, -0.1) is 0 Å². The third-order valence-corrected chi connectivity index (χ3v) is 9.95. The maximum Gasteiger partial charge on any atom is 0.361 e. The first-order valence-electron chi connectivity index (χ1n) is 25.2. The Balaban J connectivity index is 4.46. The monoisotopic (exact) mass is 919 g/mol. The number of carbonyl (C=O) groups excluding carboxylic acids is 2. The van der Waals surface area contributed by atoms with Crippen molar-refractivity contribution in [3.63, 3.8) is 0 Å². The van der Waals surface area contributed by atoms with E-state index in [1.165, 1.54) is 19.3 Å². The summed E-state index contributed by atoms with van der Waals surface area (Å²) in [6.45, 7) is 4.62. The summed E-state index contributed by atoms with van der Waals surface area (Å²) >= 11 is 0. The number of rotatable bonds is 44. The fraction of sp³-hybridized carbons (Fsp3) is 0.596. The average Bonchev–Trinajstić information content (AvgIpc) is 3.28. The predicted molar refractivity (Wildman–Crippen MR) is 276 cm³/mol. The van der Waals surface area contributed by atoms with E-state index in [1.807, 2.05) is 21.1 Å². The largest absolute Gasteiger partial charge is 0.477 e. The number of quaternary nitrogens is 1. The van der Waals surface area contributed by atoms with Crippen molar-refractivity contribution < 1.29 is 42.9 Å². The standard InChI is InChI=1S/C57H91NO8/c1-6-8-10-12-14-16-18-20-21-22-23-24-25-26-27-28-29-30-31-32-33-34-35-36-38-40-42-44-46-48-55(60)66-53(52-65-57(56(61)62)63-50-49-58(3,4)5)51-64-54(59)47-45-43-41-39-37-19-17-15-13-11-9-7-2/h8,10,14-17,20-21,23-24,26-27,29-30,32-33,35-36,40,42,53,57H,6-7,9,11-13,18-19,22,25,28,31,34,37-39,41,43-52H2,1-5H3/p+1/b10-8-,16-14-,17-15-,21-20-,24-23-,27-26-,30-29-,33-32-,36-35-,42-40-. The summed E-state index contributed by atoms with van der Waals surface area (Å²) in [5.41, 5.74) is 0. The molecule has 0 aromatic carbocycles. The van der Waals surface area contributed by atoms with Crippen molar-refractivity contribution in [3.05, 3.63) is 122 Å². The van der Waals surface area contributed by atoms with Gasteiger partial charge in [-0.05, 0) is 103 Å². The number of aliphatic carboxylic acids is 1. The third kappa shape index (κ3) is 47.6. The number of carboxylic acids is 1. The molecule has 0 spiro atoms. The highest BCUT2D eigenvalue weighted by atomic mass is 16.7. The molecule has 66 heavy (non-hydrogen) atoms. The minimum atomic E-state index is -1.53. The van der Waals surface area contributed by atoms with Crippen LogP contribution in [-0.4, -0.2) is 87.4 Å². The zero-order chi connectivity index (χ0) is 48.4. The molecule has 9 nitrogen and oxygen atoms in total. The molecule has 0 aromatic heterocycles. The number of esters is 2. The number of nitrogens with zero attached hydrogens (tertiary/aromatic N) is 1. The lowest BCUT2D eigenvalue weighted by Crippen LogP contribution is -2.40. The zero-order valence-corrected chi connectivity index (χ0v) is 42.0. The van der Waals surface area contributed by atoms with Crippen LogP contribution in [0, 0.1) is 0 Å². The molecule has 0 radical (unpaired) electrons. The molecule has 0 aliphatic heterocycles. The van der Waals surface area contributed by atoms with Crippen molar-refractivity contribution in [2.45, 2.75) is 174 Å². The first-order valence-corrected chi connectivity index (χ1v) is 25.2. The Morgan fingerprint density at radius 2 is 0.879 bits per heavy atom. The van der Waals surface area contributed by atoms with Crippen LogP contribution in [0.25, 0.3) is 0 Å². The quantitative estimate of drug-likeness (QED) is 0.0212. The molecular weight excluding hydrogens is 827 g/mol. The lowest BCUT2D eigenvalue weighted by atomic mass is 10.1. The minimum Gasteiger partial charge on any atom is -0.477 e. The molecule has 1 N–H and O–H groups in total. The summed E-state index contributed by atoms with van der Waals surface area (Å²) in [5, 5.41) is 9.65. The first kappa shape index (κ1) is 61.7. The van der Waals surface area contributed by atoms with E-state index < -0.39 is 24.3 Å². The van der Waals surface area contributed by atoms with E-state index in [1.54, 1.807) is 0 Å². The Morgan fingerprint density at radius 3 is 1.35 bits per heavy atom. The predicted octanol–water partition coefficient (Wildman–Crippen LogP) is 14.2. The Labute approximate surface area is 402 Å². The fourth-order valence-corrected chi connectivity index (χ4v) is 6.06. The van der Waals surface area contributed by atoms with Crippen LogP contribution in [0.15, 0.2) is 122 Å². The summed E-state index contributed by atoms with van der Waals surface area (Å²) in [4.78, 5) is 37.2. The summed E-state index contributed by atoms with van der Waals surface area (Å²) in [5.74, 6) is -2.12. The number of likely N-dealkylation sites (N-methyl/N-ethyl adjacent to an activating group) is 1. The fourth-order valence-electron chi connectivity index (χ4n) is 6.06. The maximum atomic E-state index is 12.8. The molecule has 0 fully saturated rings. The first-order chi connectivity index (χ1) is 32.1. The Kier molecular flexibility index (Phi) is 44.1. The number of unbranched alkanes of at least 4 members (excludes halogenated alkanes) is 9. The summed E-state index contributed by atoms with van der Waals surface area (Å²) in [6, 6.07) is 0. The topological polar surface area (TPSA) is 108 Å². The van der Waals surface area contributed by atoms with E-state index in [0.717, 1.165) is 103 Å². The molecule has 0 bridgehead atoms. The van der Waals surface area contributed by atoms with Crippen molar-refractivity contribution in [2.24, 2.45) is 0 Å². The molecule has 0 aliphatic carbocycles. The molecule has 0 saturated carbocycles. The van der Waals surface area contributed by atoms with E-state index >= 15 is 0 Å². The van der Waals surface area contributed by atoms with Crippen LogP contribution in [0.2, 0.25) is 0 Å². The van der Waals surface area contributed by atoms with Crippen LogP contribution >= 0.6 is 0 Å². The minimum absolute atomic E-state index is 0.168. The molecule has 0 aromatic rings. The molecular formula is C57H92NO8+. The second-order valence-corrected chi connectivity index (χ2v) is 17.4. The lowest BCUT2D eigenvalue weighted by molar-refractivity contribution is -0.870. The van der Waals surface area contributed by atoms with Gasteiger partial charge in [-0.3, -0.25) is 9.59 Å². The highest BCUT2D eigenvalue weighted by Crippen LogP contribution is 2.11. The van der Waals surface area contributed by atoms with E-state index in [-0.39, 0.29) is 38.6 Å². The summed E-state index contributed by atoms with van der Waals surface area (Å²) in [6.07, 6.45) is 62.8. The second-order valence-electron chi connectivity index (χ2n) is 17.4. The van der Waals surface area contributed by atoms with Crippen molar-refractivity contribution in [2.75, 3.05) is 47.5 Å². The average molecular weight is 919 g/mol. The van der Waals surface area contributed by atoms with E-state index in [4.69, 9.17) is 18.9 Å². The van der Waals surface area contributed by atoms with Gasteiger partial charge in [0.2, 0.25) is 0 Å². The van der Waals surface area contributed by atoms with Gasteiger partial charge in [0.15, 0.2) is 6.10 Å². The number of ether oxygens (including phenoxy) is 4. The number of allylic oxidation sites excluding steroid dienone is 20. The van der Waals surface area contributed by atoms with Crippen LogP contribution in [0.3, 0.4) is 0 Å². The smallest absolute Gasteiger partial charge is 0.361 e. The molecule has 0 rings (SSSR count). The van der Waals surface area contributed by atoms with Crippen molar-refractivity contribution in [1.29, 1.82) is 0 Å². The van der Waals surface area contributed by atoms with Gasteiger partial charge in [0.05, 0.1) is 34.4 Å². The normalized spacial score (nSPS) is 13.9. The third-order valence-electron chi connectivity index (χ3n) is 9.95. The van der Waals surface area contributed by atoms with Gasteiger partial charge in [-0.1, -0.05) is 167 Å². The Morgan fingerprint density at radius 1 is 0.470 bits per heavy atom. The van der Waals surface area contributed by atoms with Crippen LogP contribution in [0.1, 0.15) is 162 Å².